The molecule has 19 heavy (non-hydrogen) atoms. The van der Waals surface area contributed by atoms with Gasteiger partial charge in [-0.15, -0.1) is 0 Å². The maximum Gasteiger partial charge on any atom is 0.433 e. The number of pyridine rings is 1. The lowest BCUT2D eigenvalue weighted by atomic mass is 10.1. The van der Waals surface area contributed by atoms with Crippen LogP contribution in [-0.4, -0.2) is 28.9 Å². The lowest BCUT2D eigenvalue weighted by molar-refractivity contribution is -0.141. The normalized spacial score (nSPS) is 15.8. The van der Waals surface area contributed by atoms with Crippen molar-refractivity contribution in [3.63, 3.8) is 0 Å². The average molecular weight is 272 g/mol. The van der Waals surface area contributed by atoms with Crippen molar-refractivity contribution in [2.75, 3.05) is 13.1 Å². The summed E-state index contributed by atoms with van der Waals surface area (Å²) in [6, 6.07) is 2.34. The summed E-state index contributed by atoms with van der Waals surface area (Å²) in [6.07, 6.45) is -0.390. The molecule has 0 aliphatic carbocycles. The number of aryl methyl sites for hydroxylation is 1. The summed E-state index contributed by atoms with van der Waals surface area (Å²) in [5.74, 6) is 0.0670. The summed E-state index contributed by atoms with van der Waals surface area (Å²) in [5, 5.41) is 0. The second-order valence-corrected chi connectivity index (χ2v) is 4.64. The molecule has 0 atom stereocenters. The van der Waals surface area contributed by atoms with Crippen molar-refractivity contribution in [2.24, 2.45) is 0 Å². The van der Waals surface area contributed by atoms with Crippen LogP contribution in [0.5, 0.6) is 0 Å². The molecule has 1 saturated heterocycles. The van der Waals surface area contributed by atoms with E-state index in [0.29, 0.717) is 18.4 Å². The van der Waals surface area contributed by atoms with Gasteiger partial charge in [0, 0.05) is 25.7 Å². The molecule has 2 rings (SSSR count). The lowest BCUT2D eigenvalue weighted by Crippen LogP contribution is -2.27. The predicted octanol–water partition coefficient (Wildman–Crippen LogP) is 2.66. The van der Waals surface area contributed by atoms with Crippen molar-refractivity contribution < 1.29 is 18.0 Å². The highest BCUT2D eigenvalue weighted by Crippen LogP contribution is 2.27. The highest BCUT2D eigenvalue weighted by Gasteiger charge is 2.32. The van der Waals surface area contributed by atoms with Crippen LogP contribution < -0.4 is 0 Å². The van der Waals surface area contributed by atoms with E-state index in [1.807, 2.05) is 0 Å². The number of nitrogens with zero attached hydrogens (tertiary/aromatic N) is 2. The fourth-order valence-corrected chi connectivity index (χ4v) is 2.12. The smallest absolute Gasteiger partial charge is 0.343 e. The van der Waals surface area contributed by atoms with Gasteiger partial charge in [0.25, 0.3) is 0 Å². The molecule has 0 spiro atoms. The average Bonchev–Trinajstić information content (AvgIpc) is 2.89. The second-order valence-electron chi connectivity index (χ2n) is 4.64. The maximum atomic E-state index is 12.3. The molecule has 6 heteroatoms. The quantitative estimate of drug-likeness (QED) is 0.847. The zero-order chi connectivity index (χ0) is 13.9. The molecule has 1 aliphatic rings. The topological polar surface area (TPSA) is 33.2 Å². The Morgan fingerprint density at radius 2 is 1.95 bits per heavy atom. The lowest BCUT2D eigenvalue weighted by Gasteiger charge is -2.14. The van der Waals surface area contributed by atoms with Gasteiger partial charge in [0.05, 0.1) is 0 Å². The second kappa shape index (κ2) is 5.59. The molecule has 1 aromatic heterocycles. The molecule has 2 heterocycles. The largest absolute Gasteiger partial charge is 0.433 e. The SMILES string of the molecule is O=C(CCc1ccc(C(F)(F)F)nc1)N1CCCC1. The number of aromatic nitrogens is 1. The van der Waals surface area contributed by atoms with Gasteiger partial charge >= 0.3 is 6.18 Å². The maximum absolute atomic E-state index is 12.3. The number of hydrogen-bond donors (Lipinski definition) is 0. The number of likely N-dealkylation sites (tertiary alicyclic amines) is 1. The number of carbonyl (C=O) groups is 1. The minimum absolute atomic E-state index is 0.0670. The molecule has 0 saturated carbocycles. The first-order valence-corrected chi connectivity index (χ1v) is 6.27. The third-order valence-electron chi connectivity index (χ3n) is 3.20. The first-order valence-electron chi connectivity index (χ1n) is 6.27. The first kappa shape index (κ1) is 13.8. The molecular formula is C13H15F3N2O. The Balaban J connectivity index is 1.87. The highest BCUT2D eigenvalue weighted by molar-refractivity contribution is 5.76. The minimum Gasteiger partial charge on any atom is -0.343 e. The Hall–Kier alpha value is -1.59. The van der Waals surface area contributed by atoms with Crippen molar-refractivity contribution in [3.8, 4) is 0 Å². The van der Waals surface area contributed by atoms with E-state index in [-0.39, 0.29) is 5.91 Å². The molecule has 0 unspecified atom stereocenters. The van der Waals surface area contributed by atoms with E-state index in [4.69, 9.17) is 0 Å². The van der Waals surface area contributed by atoms with Crippen molar-refractivity contribution >= 4 is 5.91 Å². The van der Waals surface area contributed by atoms with Crippen LogP contribution in [0.2, 0.25) is 0 Å². The number of rotatable bonds is 3. The van der Waals surface area contributed by atoms with Gasteiger partial charge in [0.1, 0.15) is 5.69 Å². The van der Waals surface area contributed by atoms with Gasteiger partial charge in [-0.25, -0.2) is 0 Å². The fourth-order valence-electron chi connectivity index (χ4n) is 2.12. The van der Waals surface area contributed by atoms with Crippen molar-refractivity contribution in [1.29, 1.82) is 0 Å². The predicted molar refractivity (Wildman–Crippen MR) is 63.4 cm³/mol. The monoisotopic (exact) mass is 272 g/mol. The Kier molecular flexibility index (Phi) is 4.07. The van der Waals surface area contributed by atoms with Gasteiger partial charge < -0.3 is 4.90 Å². The van der Waals surface area contributed by atoms with Gasteiger partial charge in [-0.2, -0.15) is 13.2 Å². The van der Waals surface area contributed by atoms with Gasteiger partial charge in [-0.05, 0) is 30.9 Å². The summed E-state index contributed by atoms with van der Waals surface area (Å²) < 4.78 is 36.9. The van der Waals surface area contributed by atoms with Crippen LogP contribution in [0.15, 0.2) is 18.3 Å². The van der Waals surface area contributed by atoms with E-state index in [0.717, 1.165) is 32.0 Å². The number of halogens is 3. The summed E-state index contributed by atoms with van der Waals surface area (Å²) in [7, 11) is 0. The number of hydrogen-bond acceptors (Lipinski definition) is 2. The standard InChI is InChI=1S/C13H15F3N2O/c14-13(15,16)11-5-3-10(9-17-11)4-6-12(19)18-7-1-2-8-18/h3,5,9H,1-2,4,6-8H2. The Labute approximate surface area is 109 Å². The summed E-state index contributed by atoms with van der Waals surface area (Å²) in [5.41, 5.74) is -0.248. The number of amides is 1. The van der Waals surface area contributed by atoms with Crippen LogP contribution in [0.1, 0.15) is 30.5 Å². The molecule has 1 aromatic rings. The van der Waals surface area contributed by atoms with E-state index < -0.39 is 11.9 Å². The summed E-state index contributed by atoms with van der Waals surface area (Å²) >= 11 is 0. The molecule has 1 aliphatic heterocycles. The number of carbonyl (C=O) groups excluding carboxylic acids is 1. The van der Waals surface area contributed by atoms with E-state index in [9.17, 15) is 18.0 Å². The first-order chi connectivity index (χ1) is 8.97. The molecule has 0 bridgehead atoms. The number of alkyl halides is 3. The Morgan fingerprint density at radius 3 is 2.47 bits per heavy atom. The van der Waals surface area contributed by atoms with Crippen LogP contribution in [0.4, 0.5) is 13.2 Å². The molecule has 0 radical (unpaired) electrons. The van der Waals surface area contributed by atoms with E-state index >= 15 is 0 Å². The van der Waals surface area contributed by atoms with Crippen molar-refractivity contribution in [2.45, 2.75) is 31.9 Å². The van der Waals surface area contributed by atoms with E-state index in [2.05, 4.69) is 4.98 Å². The third-order valence-corrected chi connectivity index (χ3v) is 3.20. The van der Waals surface area contributed by atoms with Gasteiger partial charge in [0.15, 0.2) is 0 Å². The van der Waals surface area contributed by atoms with Crippen LogP contribution in [0.3, 0.4) is 0 Å². The van der Waals surface area contributed by atoms with E-state index in [1.54, 1.807) is 4.90 Å². The highest BCUT2D eigenvalue weighted by atomic mass is 19.4. The van der Waals surface area contributed by atoms with Crippen molar-refractivity contribution in [1.82, 2.24) is 9.88 Å². The summed E-state index contributed by atoms with van der Waals surface area (Å²) in [4.78, 5) is 16.9. The minimum atomic E-state index is -4.41. The molecule has 0 aromatic carbocycles. The molecule has 0 N–H and O–H groups in total. The molecule has 104 valence electrons. The molecule has 1 fully saturated rings. The van der Waals surface area contributed by atoms with E-state index in [1.165, 1.54) is 12.3 Å². The fraction of sp³-hybridized carbons (Fsp3) is 0.538. The van der Waals surface area contributed by atoms with Gasteiger partial charge in [0.2, 0.25) is 5.91 Å². The van der Waals surface area contributed by atoms with Gasteiger partial charge in [-0.1, -0.05) is 6.07 Å². The third kappa shape index (κ3) is 3.68. The molecule has 1 amide bonds. The summed E-state index contributed by atoms with van der Waals surface area (Å²) in [6.45, 7) is 1.59. The van der Waals surface area contributed by atoms with Crippen LogP contribution in [0.25, 0.3) is 0 Å². The Morgan fingerprint density at radius 1 is 1.26 bits per heavy atom. The van der Waals surface area contributed by atoms with Crippen molar-refractivity contribution in [3.05, 3.63) is 29.6 Å². The van der Waals surface area contributed by atoms with Gasteiger partial charge in [-0.3, -0.25) is 9.78 Å². The zero-order valence-electron chi connectivity index (χ0n) is 10.4. The molecule has 3 nitrogen and oxygen atoms in total. The zero-order valence-corrected chi connectivity index (χ0v) is 10.4. The Bertz CT molecular complexity index is 436. The molecular weight excluding hydrogens is 257 g/mol. The van der Waals surface area contributed by atoms with Crippen LogP contribution in [0, 0.1) is 0 Å². The van der Waals surface area contributed by atoms with Crippen LogP contribution in [-0.2, 0) is 17.4 Å². The van der Waals surface area contributed by atoms with Crippen LogP contribution >= 0.6 is 0 Å².